The lowest BCUT2D eigenvalue weighted by molar-refractivity contribution is -0.118. The Morgan fingerprint density at radius 3 is 2.13 bits per heavy atom. The van der Waals surface area contributed by atoms with Crippen LogP contribution in [0.1, 0.15) is 24.2 Å². The van der Waals surface area contributed by atoms with E-state index in [1.54, 1.807) is 24.3 Å². The summed E-state index contributed by atoms with van der Waals surface area (Å²) in [7, 11) is 0. The van der Waals surface area contributed by atoms with Crippen molar-refractivity contribution in [3.8, 4) is 0 Å². The maximum Gasteiger partial charge on any atom is 0.248 e. The molecule has 0 bridgehead atoms. The first-order valence-electron chi connectivity index (χ1n) is 4.71. The van der Waals surface area contributed by atoms with Gasteiger partial charge in [-0.15, -0.1) is 0 Å². The van der Waals surface area contributed by atoms with Crippen LogP contribution in [0.25, 0.3) is 0 Å². The summed E-state index contributed by atoms with van der Waals surface area (Å²) >= 11 is 0. The molecule has 1 aromatic carbocycles. The van der Waals surface area contributed by atoms with E-state index in [9.17, 15) is 9.59 Å². The fourth-order valence-electron chi connectivity index (χ4n) is 1.00. The SMILES string of the molecule is CC(C)C(=O)Nc1ccc(C(N)=O)cc1. The lowest BCUT2D eigenvalue weighted by Gasteiger charge is -2.07. The number of hydrogen-bond donors (Lipinski definition) is 2. The van der Waals surface area contributed by atoms with E-state index in [-0.39, 0.29) is 11.8 Å². The number of benzene rings is 1. The summed E-state index contributed by atoms with van der Waals surface area (Å²) in [5, 5.41) is 2.72. The van der Waals surface area contributed by atoms with Gasteiger partial charge in [0.15, 0.2) is 0 Å². The van der Waals surface area contributed by atoms with Crippen LogP contribution in [-0.4, -0.2) is 11.8 Å². The van der Waals surface area contributed by atoms with Crippen LogP contribution in [-0.2, 0) is 4.79 Å². The molecule has 0 saturated carbocycles. The Balaban J connectivity index is 2.73. The third-order valence-electron chi connectivity index (χ3n) is 1.96. The van der Waals surface area contributed by atoms with Gasteiger partial charge in [0.25, 0.3) is 0 Å². The van der Waals surface area contributed by atoms with Crippen molar-refractivity contribution < 1.29 is 9.59 Å². The maximum atomic E-state index is 11.3. The van der Waals surface area contributed by atoms with E-state index >= 15 is 0 Å². The van der Waals surface area contributed by atoms with Crippen molar-refractivity contribution in [1.29, 1.82) is 0 Å². The molecule has 0 radical (unpaired) electrons. The summed E-state index contributed by atoms with van der Waals surface area (Å²) in [4.78, 5) is 22.1. The minimum absolute atomic E-state index is 0.0539. The van der Waals surface area contributed by atoms with Crippen LogP contribution in [0.2, 0.25) is 0 Å². The molecule has 4 nitrogen and oxygen atoms in total. The van der Waals surface area contributed by atoms with Gasteiger partial charge in [0, 0.05) is 17.2 Å². The Hall–Kier alpha value is -1.84. The molecule has 0 aromatic heterocycles. The molecule has 0 aliphatic carbocycles. The maximum absolute atomic E-state index is 11.3. The van der Waals surface area contributed by atoms with Gasteiger partial charge in [0.05, 0.1) is 0 Å². The predicted octanol–water partition coefficient (Wildman–Crippen LogP) is 1.38. The normalized spacial score (nSPS) is 10.1. The molecule has 0 saturated heterocycles. The van der Waals surface area contributed by atoms with Crippen molar-refractivity contribution in [1.82, 2.24) is 0 Å². The molecule has 1 aromatic rings. The average Bonchev–Trinajstić information content (AvgIpc) is 2.18. The molecule has 0 aliphatic heterocycles. The van der Waals surface area contributed by atoms with Crippen LogP contribution in [0, 0.1) is 5.92 Å². The number of primary amides is 1. The number of carbonyl (C=O) groups is 2. The van der Waals surface area contributed by atoms with Gasteiger partial charge in [0.2, 0.25) is 11.8 Å². The van der Waals surface area contributed by atoms with Crippen molar-refractivity contribution in [2.24, 2.45) is 11.7 Å². The number of anilines is 1. The Labute approximate surface area is 88.5 Å². The first-order valence-corrected chi connectivity index (χ1v) is 4.71. The van der Waals surface area contributed by atoms with E-state index in [1.807, 2.05) is 13.8 Å². The Bertz CT molecular complexity index is 369. The minimum atomic E-state index is -0.475. The average molecular weight is 206 g/mol. The van der Waals surface area contributed by atoms with Gasteiger partial charge in [-0.2, -0.15) is 0 Å². The summed E-state index contributed by atoms with van der Waals surface area (Å²) in [5.74, 6) is -0.598. The third kappa shape index (κ3) is 3.09. The molecule has 0 fully saturated rings. The molecule has 1 rings (SSSR count). The first-order chi connectivity index (χ1) is 7.00. The highest BCUT2D eigenvalue weighted by Gasteiger charge is 2.07. The summed E-state index contributed by atoms with van der Waals surface area (Å²) in [5.41, 5.74) is 6.18. The van der Waals surface area contributed by atoms with Crippen molar-refractivity contribution >= 4 is 17.5 Å². The molecule has 4 heteroatoms. The van der Waals surface area contributed by atoms with Gasteiger partial charge in [-0.25, -0.2) is 0 Å². The van der Waals surface area contributed by atoms with E-state index in [4.69, 9.17) is 5.73 Å². The molecule has 0 spiro atoms. The lowest BCUT2D eigenvalue weighted by atomic mass is 10.1. The van der Waals surface area contributed by atoms with Gasteiger partial charge in [0.1, 0.15) is 0 Å². The molecule has 0 unspecified atom stereocenters. The topological polar surface area (TPSA) is 72.2 Å². The summed E-state index contributed by atoms with van der Waals surface area (Å²) in [6.45, 7) is 3.63. The fourth-order valence-corrected chi connectivity index (χ4v) is 1.00. The van der Waals surface area contributed by atoms with Crippen molar-refractivity contribution in [2.75, 3.05) is 5.32 Å². The zero-order valence-corrected chi connectivity index (χ0v) is 8.78. The molecule has 80 valence electrons. The second-order valence-electron chi connectivity index (χ2n) is 3.59. The third-order valence-corrected chi connectivity index (χ3v) is 1.96. The smallest absolute Gasteiger partial charge is 0.248 e. The van der Waals surface area contributed by atoms with E-state index in [0.717, 1.165) is 0 Å². The van der Waals surface area contributed by atoms with Crippen LogP contribution in [0.15, 0.2) is 24.3 Å². The minimum Gasteiger partial charge on any atom is -0.366 e. The van der Waals surface area contributed by atoms with E-state index < -0.39 is 5.91 Å². The zero-order chi connectivity index (χ0) is 11.4. The van der Waals surface area contributed by atoms with Gasteiger partial charge < -0.3 is 11.1 Å². The molecular weight excluding hydrogens is 192 g/mol. The fraction of sp³-hybridized carbons (Fsp3) is 0.273. The number of hydrogen-bond acceptors (Lipinski definition) is 2. The van der Waals surface area contributed by atoms with Crippen LogP contribution in [0.3, 0.4) is 0 Å². The molecule has 15 heavy (non-hydrogen) atoms. The molecule has 2 amide bonds. The Morgan fingerprint density at radius 2 is 1.73 bits per heavy atom. The largest absolute Gasteiger partial charge is 0.366 e. The van der Waals surface area contributed by atoms with Crippen LogP contribution < -0.4 is 11.1 Å². The van der Waals surface area contributed by atoms with Gasteiger partial charge in [-0.1, -0.05) is 13.8 Å². The molecule has 3 N–H and O–H groups in total. The monoisotopic (exact) mass is 206 g/mol. The van der Waals surface area contributed by atoms with Gasteiger partial charge in [-0.05, 0) is 24.3 Å². The van der Waals surface area contributed by atoms with Crippen LogP contribution in [0.4, 0.5) is 5.69 Å². The predicted molar refractivity (Wildman–Crippen MR) is 58.4 cm³/mol. The van der Waals surface area contributed by atoms with Crippen LogP contribution in [0.5, 0.6) is 0 Å². The van der Waals surface area contributed by atoms with Crippen molar-refractivity contribution in [3.63, 3.8) is 0 Å². The van der Waals surface area contributed by atoms with E-state index in [0.29, 0.717) is 11.3 Å². The highest BCUT2D eigenvalue weighted by molar-refractivity contribution is 5.95. The standard InChI is InChI=1S/C11H14N2O2/c1-7(2)11(15)13-9-5-3-8(4-6-9)10(12)14/h3-7H,1-2H3,(H2,12,14)(H,13,15). The Kier molecular flexibility index (Phi) is 3.44. The highest BCUT2D eigenvalue weighted by atomic mass is 16.2. The van der Waals surface area contributed by atoms with E-state index in [2.05, 4.69) is 5.32 Å². The van der Waals surface area contributed by atoms with Gasteiger partial charge in [-0.3, -0.25) is 9.59 Å². The Morgan fingerprint density at radius 1 is 1.20 bits per heavy atom. The molecule has 0 atom stereocenters. The molecule has 0 heterocycles. The summed E-state index contributed by atoms with van der Waals surface area (Å²) in [6, 6.07) is 6.47. The lowest BCUT2D eigenvalue weighted by Crippen LogP contribution is -2.18. The number of nitrogens with one attached hydrogen (secondary N) is 1. The molecular formula is C11H14N2O2. The summed E-state index contributed by atoms with van der Waals surface area (Å²) in [6.07, 6.45) is 0. The van der Waals surface area contributed by atoms with E-state index in [1.165, 1.54) is 0 Å². The number of carbonyl (C=O) groups excluding carboxylic acids is 2. The zero-order valence-electron chi connectivity index (χ0n) is 8.78. The number of rotatable bonds is 3. The second kappa shape index (κ2) is 4.59. The van der Waals surface area contributed by atoms with Crippen molar-refractivity contribution in [3.05, 3.63) is 29.8 Å². The number of amides is 2. The van der Waals surface area contributed by atoms with Crippen molar-refractivity contribution in [2.45, 2.75) is 13.8 Å². The highest BCUT2D eigenvalue weighted by Crippen LogP contribution is 2.10. The quantitative estimate of drug-likeness (QED) is 0.784. The summed E-state index contributed by atoms with van der Waals surface area (Å²) < 4.78 is 0. The molecule has 0 aliphatic rings. The second-order valence-corrected chi connectivity index (χ2v) is 3.59. The van der Waals surface area contributed by atoms with Gasteiger partial charge >= 0.3 is 0 Å². The first kappa shape index (κ1) is 11.2. The van der Waals surface area contributed by atoms with Crippen LogP contribution >= 0.6 is 0 Å². The number of nitrogens with two attached hydrogens (primary N) is 1.